The Kier molecular flexibility index (Phi) is 4.33. The van der Waals surface area contributed by atoms with Crippen LogP contribution >= 0.6 is 0 Å². The maximum atomic E-state index is 13.4. The summed E-state index contributed by atoms with van der Waals surface area (Å²) in [7, 11) is 0. The van der Waals surface area contributed by atoms with E-state index < -0.39 is 23.0 Å². The van der Waals surface area contributed by atoms with Crippen LogP contribution in [0.3, 0.4) is 0 Å². The number of nitrogens with zero attached hydrogens (tertiary/aromatic N) is 1. The summed E-state index contributed by atoms with van der Waals surface area (Å²) in [4.78, 5) is 20.3. The van der Waals surface area contributed by atoms with Gasteiger partial charge in [0, 0.05) is 28.9 Å². The van der Waals surface area contributed by atoms with Gasteiger partial charge in [0.15, 0.2) is 0 Å². The van der Waals surface area contributed by atoms with Crippen LogP contribution in [-0.4, -0.2) is 25.7 Å². The first-order chi connectivity index (χ1) is 13.2. The first kappa shape index (κ1) is 18.7. The number of rotatable bonds is 2. The second-order valence-electron chi connectivity index (χ2n) is 7.71. The van der Waals surface area contributed by atoms with Gasteiger partial charge >= 0.3 is 11.9 Å². The Morgan fingerprint density at radius 3 is 2.57 bits per heavy atom. The molecule has 28 heavy (non-hydrogen) atoms. The summed E-state index contributed by atoms with van der Waals surface area (Å²) < 4.78 is 40.3. The fourth-order valence-corrected chi connectivity index (χ4v) is 4.08. The van der Waals surface area contributed by atoms with E-state index in [1.54, 1.807) is 6.07 Å². The summed E-state index contributed by atoms with van der Waals surface area (Å²) in [6.45, 7) is 1.83. The standard InChI is InChI=1S/C20H20F3N3O2/c1-19(28)7-5-11(6-8-19)12-3-2-4-13-14(9-24-16(12)13)17-15(20(21,22)23)10-25-18(27)26-17/h2-4,9-11,24,28H,5-8H2,1H3,(H,25,26,27). The number of nitrogens with one attached hydrogen (secondary N) is 2. The van der Waals surface area contributed by atoms with Gasteiger partial charge in [-0.3, -0.25) is 0 Å². The topological polar surface area (TPSA) is 81.8 Å². The average molecular weight is 391 g/mol. The smallest absolute Gasteiger partial charge is 0.390 e. The van der Waals surface area contributed by atoms with Crippen molar-refractivity contribution < 1.29 is 18.3 Å². The zero-order valence-corrected chi connectivity index (χ0v) is 15.2. The molecule has 4 rings (SSSR count). The quantitative estimate of drug-likeness (QED) is 0.608. The summed E-state index contributed by atoms with van der Waals surface area (Å²) in [5, 5.41) is 10.8. The van der Waals surface area contributed by atoms with Gasteiger partial charge in [-0.1, -0.05) is 18.2 Å². The highest BCUT2D eigenvalue weighted by Gasteiger charge is 2.36. The van der Waals surface area contributed by atoms with E-state index >= 15 is 0 Å². The molecule has 1 aliphatic rings. The number of hydrogen-bond acceptors (Lipinski definition) is 3. The van der Waals surface area contributed by atoms with Crippen molar-refractivity contribution in [2.75, 3.05) is 0 Å². The van der Waals surface area contributed by atoms with E-state index in [2.05, 4.69) is 9.97 Å². The van der Waals surface area contributed by atoms with Gasteiger partial charge in [0.25, 0.3) is 0 Å². The fourth-order valence-electron chi connectivity index (χ4n) is 4.08. The lowest BCUT2D eigenvalue weighted by atomic mass is 9.76. The van der Waals surface area contributed by atoms with E-state index in [0.29, 0.717) is 24.4 Å². The molecule has 0 spiro atoms. The van der Waals surface area contributed by atoms with E-state index in [-0.39, 0.29) is 17.2 Å². The largest absolute Gasteiger partial charge is 0.419 e. The molecule has 0 unspecified atom stereocenters. The normalized spacial score (nSPS) is 23.2. The molecule has 1 saturated carbocycles. The zero-order chi connectivity index (χ0) is 20.1. The average Bonchev–Trinajstić information content (AvgIpc) is 3.05. The number of benzene rings is 1. The minimum absolute atomic E-state index is 0.213. The predicted molar refractivity (Wildman–Crippen MR) is 99.0 cm³/mol. The highest BCUT2D eigenvalue weighted by Crippen LogP contribution is 2.42. The van der Waals surface area contributed by atoms with Crippen LogP contribution in [0, 0.1) is 0 Å². The van der Waals surface area contributed by atoms with Gasteiger partial charge in [0.05, 0.1) is 16.9 Å². The molecule has 1 aliphatic carbocycles. The molecule has 3 aromatic rings. The molecule has 2 heterocycles. The molecular weight excluding hydrogens is 371 g/mol. The first-order valence-corrected chi connectivity index (χ1v) is 9.15. The molecule has 2 aromatic heterocycles. The van der Waals surface area contributed by atoms with E-state index in [1.165, 1.54) is 6.20 Å². The summed E-state index contributed by atoms with van der Waals surface area (Å²) in [6.07, 6.45) is 0.462. The predicted octanol–water partition coefficient (Wildman–Crippen LogP) is 4.35. The van der Waals surface area contributed by atoms with E-state index in [0.717, 1.165) is 23.9 Å². The summed E-state index contributed by atoms with van der Waals surface area (Å²) in [5.74, 6) is 0.213. The lowest BCUT2D eigenvalue weighted by molar-refractivity contribution is -0.137. The Morgan fingerprint density at radius 2 is 1.89 bits per heavy atom. The Bertz CT molecular complexity index is 1070. The minimum atomic E-state index is -4.64. The minimum Gasteiger partial charge on any atom is -0.390 e. The van der Waals surface area contributed by atoms with Crippen molar-refractivity contribution in [3.05, 3.63) is 52.2 Å². The summed E-state index contributed by atoms with van der Waals surface area (Å²) in [6, 6.07) is 5.50. The molecule has 3 N–H and O–H groups in total. The number of para-hydroxylation sites is 1. The maximum absolute atomic E-state index is 13.4. The van der Waals surface area contributed by atoms with E-state index in [4.69, 9.17) is 0 Å². The van der Waals surface area contributed by atoms with Crippen LogP contribution in [0.4, 0.5) is 13.2 Å². The molecule has 0 radical (unpaired) electrons. The van der Waals surface area contributed by atoms with Crippen LogP contribution in [0.1, 0.15) is 49.7 Å². The van der Waals surface area contributed by atoms with Crippen molar-refractivity contribution in [1.82, 2.24) is 15.0 Å². The van der Waals surface area contributed by atoms with Crippen LogP contribution < -0.4 is 5.69 Å². The molecule has 0 bridgehead atoms. The second kappa shape index (κ2) is 6.48. The van der Waals surface area contributed by atoms with Gasteiger partial charge < -0.3 is 15.1 Å². The molecule has 148 valence electrons. The van der Waals surface area contributed by atoms with Gasteiger partial charge in [-0.05, 0) is 44.1 Å². The fraction of sp³-hybridized carbons (Fsp3) is 0.400. The van der Waals surface area contributed by atoms with Crippen LogP contribution in [0.5, 0.6) is 0 Å². The van der Waals surface area contributed by atoms with Crippen molar-refractivity contribution in [3.63, 3.8) is 0 Å². The number of halogens is 3. The third-order valence-corrected chi connectivity index (χ3v) is 5.62. The van der Waals surface area contributed by atoms with Gasteiger partial charge in [-0.25, -0.2) is 4.79 Å². The van der Waals surface area contributed by atoms with Gasteiger partial charge in [-0.2, -0.15) is 18.2 Å². The van der Waals surface area contributed by atoms with E-state index in [1.807, 2.05) is 24.0 Å². The van der Waals surface area contributed by atoms with Crippen LogP contribution in [0.25, 0.3) is 22.2 Å². The number of aliphatic hydroxyl groups is 1. The molecule has 8 heteroatoms. The summed E-state index contributed by atoms with van der Waals surface area (Å²) in [5.41, 5.74) is -0.849. The lowest BCUT2D eigenvalue weighted by Crippen LogP contribution is -2.29. The zero-order valence-electron chi connectivity index (χ0n) is 15.2. The molecule has 1 fully saturated rings. The number of alkyl halides is 3. The van der Waals surface area contributed by atoms with Crippen molar-refractivity contribution in [3.8, 4) is 11.3 Å². The third-order valence-electron chi connectivity index (χ3n) is 5.62. The number of fused-ring (bicyclic) bond motifs is 1. The van der Waals surface area contributed by atoms with Crippen molar-refractivity contribution >= 4 is 10.9 Å². The molecule has 0 amide bonds. The molecule has 5 nitrogen and oxygen atoms in total. The van der Waals surface area contributed by atoms with Crippen LogP contribution in [0.15, 0.2) is 35.4 Å². The highest BCUT2D eigenvalue weighted by atomic mass is 19.4. The second-order valence-corrected chi connectivity index (χ2v) is 7.71. The van der Waals surface area contributed by atoms with Crippen molar-refractivity contribution in [1.29, 1.82) is 0 Å². The number of aromatic nitrogens is 3. The lowest BCUT2D eigenvalue weighted by Gasteiger charge is -2.33. The van der Waals surface area contributed by atoms with Crippen molar-refractivity contribution in [2.24, 2.45) is 0 Å². The maximum Gasteiger partial charge on any atom is 0.419 e. The summed E-state index contributed by atoms with van der Waals surface area (Å²) >= 11 is 0. The Hall–Kier alpha value is -2.61. The van der Waals surface area contributed by atoms with Crippen LogP contribution in [0.2, 0.25) is 0 Å². The SMILES string of the molecule is CC1(O)CCC(c2cccc3c(-c4nc(=O)[nH]cc4C(F)(F)F)c[nH]c23)CC1. The third kappa shape index (κ3) is 3.32. The molecule has 0 saturated heterocycles. The van der Waals surface area contributed by atoms with Gasteiger partial charge in [0.1, 0.15) is 0 Å². The molecule has 1 aromatic carbocycles. The van der Waals surface area contributed by atoms with Gasteiger partial charge in [-0.15, -0.1) is 0 Å². The number of hydrogen-bond donors (Lipinski definition) is 3. The Morgan fingerprint density at radius 1 is 1.18 bits per heavy atom. The Balaban J connectivity index is 1.83. The number of H-pyrrole nitrogens is 2. The molecule has 0 aliphatic heterocycles. The van der Waals surface area contributed by atoms with Gasteiger partial charge in [0.2, 0.25) is 0 Å². The number of aromatic amines is 2. The first-order valence-electron chi connectivity index (χ1n) is 9.15. The van der Waals surface area contributed by atoms with Crippen molar-refractivity contribution in [2.45, 2.75) is 50.3 Å². The molecular formula is C20H20F3N3O2. The van der Waals surface area contributed by atoms with E-state index in [9.17, 15) is 23.1 Å². The molecule has 0 atom stereocenters. The monoisotopic (exact) mass is 391 g/mol. The van der Waals surface area contributed by atoms with Crippen LogP contribution in [-0.2, 0) is 6.18 Å². The highest BCUT2D eigenvalue weighted by molar-refractivity contribution is 5.97. The Labute approximate surface area is 158 Å².